The fourth-order valence-corrected chi connectivity index (χ4v) is 3.25. The Morgan fingerprint density at radius 3 is 2.58 bits per heavy atom. The Balaban J connectivity index is 1.65. The van der Waals surface area contributed by atoms with Gasteiger partial charge in [-0.25, -0.2) is 0 Å². The maximum absolute atomic E-state index is 12.4. The van der Waals surface area contributed by atoms with Crippen LogP contribution in [0.25, 0.3) is 10.9 Å². The summed E-state index contributed by atoms with van der Waals surface area (Å²) in [6.07, 6.45) is -2.98. The van der Waals surface area contributed by atoms with Gasteiger partial charge in [-0.1, -0.05) is 0 Å². The summed E-state index contributed by atoms with van der Waals surface area (Å²) < 4.78 is 40.8. The molecule has 5 nitrogen and oxygen atoms in total. The number of nitrogens with zero attached hydrogens (tertiary/aromatic N) is 1. The van der Waals surface area contributed by atoms with Gasteiger partial charge in [0.2, 0.25) is 0 Å². The number of hydrogen-bond acceptors (Lipinski definition) is 3. The first-order chi connectivity index (χ1) is 12.2. The van der Waals surface area contributed by atoms with Crippen molar-refractivity contribution in [1.29, 1.82) is 0 Å². The largest absolute Gasteiger partial charge is 0.573 e. The highest BCUT2D eigenvalue weighted by Gasteiger charge is 2.31. The molecule has 1 aromatic carbocycles. The van der Waals surface area contributed by atoms with Gasteiger partial charge in [-0.3, -0.25) is 4.79 Å². The van der Waals surface area contributed by atoms with Crippen molar-refractivity contribution in [3.8, 4) is 5.75 Å². The molecule has 2 heterocycles. The Kier molecular flexibility index (Phi) is 5.13. The third-order valence-corrected chi connectivity index (χ3v) is 4.67. The molecule has 0 aliphatic carbocycles. The summed E-state index contributed by atoms with van der Waals surface area (Å²) >= 11 is 0. The minimum absolute atomic E-state index is 0.105. The van der Waals surface area contributed by atoms with Gasteiger partial charge in [0.1, 0.15) is 11.4 Å². The van der Waals surface area contributed by atoms with E-state index in [1.54, 1.807) is 6.07 Å². The van der Waals surface area contributed by atoms with Gasteiger partial charge in [-0.05, 0) is 44.9 Å². The highest BCUT2D eigenvalue weighted by atomic mass is 19.4. The molecule has 2 aromatic rings. The lowest BCUT2D eigenvalue weighted by Gasteiger charge is -2.34. The van der Waals surface area contributed by atoms with E-state index < -0.39 is 6.36 Å². The number of H-pyrrole nitrogens is 1. The number of ether oxygens (including phenoxy) is 1. The highest BCUT2D eigenvalue weighted by molar-refractivity contribution is 5.98. The third kappa shape index (κ3) is 4.49. The van der Waals surface area contributed by atoms with Crippen molar-refractivity contribution in [2.24, 2.45) is 0 Å². The number of alkyl halides is 3. The number of fused-ring (bicyclic) bond motifs is 1. The molecule has 1 aliphatic rings. The van der Waals surface area contributed by atoms with Crippen molar-refractivity contribution in [1.82, 2.24) is 15.2 Å². The molecule has 142 valence electrons. The molecule has 0 spiro atoms. The molecule has 1 aliphatic heterocycles. The zero-order chi connectivity index (χ0) is 18.9. The number of carbonyl (C=O) groups excluding carboxylic acids is 1. The van der Waals surface area contributed by atoms with Crippen molar-refractivity contribution in [3.63, 3.8) is 0 Å². The molecule has 1 fully saturated rings. The van der Waals surface area contributed by atoms with Crippen LogP contribution in [-0.4, -0.2) is 47.3 Å². The minimum atomic E-state index is -4.74. The smallest absolute Gasteiger partial charge is 0.406 e. The number of aromatic nitrogens is 1. The molecule has 26 heavy (non-hydrogen) atoms. The molecule has 0 bridgehead atoms. The van der Waals surface area contributed by atoms with Crippen LogP contribution in [0.2, 0.25) is 0 Å². The molecule has 1 amide bonds. The predicted octanol–water partition coefficient (Wildman–Crippen LogP) is 3.67. The number of aromatic amines is 1. The summed E-state index contributed by atoms with van der Waals surface area (Å²) in [6.45, 7) is 6.18. The van der Waals surface area contributed by atoms with Crippen LogP contribution >= 0.6 is 0 Å². The van der Waals surface area contributed by atoms with E-state index in [1.165, 1.54) is 18.2 Å². The van der Waals surface area contributed by atoms with Gasteiger partial charge >= 0.3 is 6.36 Å². The summed E-state index contributed by atoms with van der Waals surface area (Å²) in [5.41, 5.74) is 0.752. The normalized spacial score (nSPS) is 17.0. The molecule has 8 heteroatoms. The second-order valence-corrected chi connectivity index (χ2v) is 6.86. The van der Waals surface area contributed by atoms with Gasteiger partial charge < -0.3 is 19.9 Å². The lowest BCUT2D eigenvalue weighted by Crippen LogP contribution is -2.46. The topological polar surface area (TPSA) is 57.4 Å². The van der Waals surface area contributed by atoms with E-state index in [-0.39, 0.29) is 17.7 Å². The Labute approximate surface area is 149 Å². The van der Waals surface area contributed by atoms with Crippen molar-refractivity contribution in [3.05, 3.63) is 30.0 Å². The Morgan fingerprint density at radius 2 is 1.96 bits per heavy atom. The van der Waals surface area contributed by atoms with E-state index in [0.29, 0.717) is 22.6 Å². The van der Waals surface area contributed by atoms with E-state index in [0.717, 1.165) is 25.9 Å². The van der Waals surface area contributed by atoms with Crippen LogP contribution < -0.4 is 10.1 Å². The number of benzene rings is 1. The zero-order valence-corrected chi connectivity index (χ0v) is 14.7. The van der Waals surface area contributed by atoms with E-state index in [1.807, 2.05) is 0 Å². The second kappa shape index (κ2) is 7.19. The lowest BCUT2D eigenvalue weighted by atomic mass is 10.0. The second-order valence-electron chi connectivity index (χ2n) is 6.86. The van der Waals surface area contributed by atoms with Crippen LogP contribution in [0.4, 0.5) is 13.2 Å². The third-order valence-electron chi connectivity index (χ3n) is 4.67. The first-order valence-electron chi connectivity index (χ1n) is 8.65. The van der Waals surface area contributed by atoms with E-state index in [2.05, 4.69) is 33.8 Å². The van der Waals surface area contributed by atoms with E-state index >= 15 is 0 Å². The Hall–Kier alpha value is -2.22. The number of likely N-dealkylation sites (tertiary alicyclic amines) is 1. The molecule has 0 saturated carbocycles. The van der Waals surface area contributed by atoms with Crippen LogP contribution in [0, 0.1) is 0 Å². The molecule has 2 N–H and O–H groups in total. The van der Waals surface area contributed by atoms with Crippen LogP contribution in [0.15, 0.2) is 24.3 Å². The standard InChI is InChI=1S/C18H22F3N3O2/c1-11(2)24-7-5-13(6-8-24)22-17(25)16-9-12-3-4-14(10-15(12)23-16)26-18(19,20)21/h3-4,9-11,13,23H,5-8H2,1-2H3,(H,22,25). The first kappa shape index (κ1) is 18.6. The van der Waals surface area contributed by atoms with Gasteiger partial charge in [0.05, 0.1) is 0 Å². The fraction of sp³-hybridized carbons (Fsp3) is 0.500. The fourth-order valence-electron chi connectivity index (χ4n) is 3.25. The zero-order valence-electron chi connectivity index (χ0n) is 14.7. The highest BCUT2D eigenvalue weighted by Crippen LogP contribution is 2.26. The quantitative estimate of drug-likeness (QED) is 0.865. The molecule has 1 aromatic heterocycles. The summed E-state index contributed by atoms with van der Waals surface area (Å²) in [7, 11) is 0. The van der Waals surface area contributed by atoms with Crippen molar-refractivity contribution < 1.29 is 22.7 Å². The molecule has 0 radical (unpaired) electrons. The van der Waals surface area contributed by atoms with Gasteiger partial charge in [-0.2, -0.15) is 0 Å². The minimum Gasteiger partial charge on any atom is -0.406 e. The number of nitrogens with one attached hydrogen (secondary N) is 2. The number of carbonyl (C=O) groups is 1. The monoisotopic (exact) mass is 369 g/mol. The molecular formula is C18H22F3N3O2. The van der Waals surface area contributed by atoms with E-state index in [4.69, 9.17) is 0 Å². The summed E-state index contributed by atoms with van der Waals surface area (Å²) in [5.74, 6) is -0.567. The number of hydrogen-bond donors (Lipinski definition) is 2. The van der Waals surface area contributed by atoms with Gasteiger partial charge in [0.15, 0.2) is 0 Å². The van der Waals surface area contributed by atoms with Crippen LogP contribution in [-0.2, 0) is 0 Å². The molecule has 0 atom stereocenters. The average Bonchev–Trinajstić information content (AvgIpc) is 2.97. The Bertz CT molecular complexity index is 778. The molecular weight excluding hydrogens is 347 g/mol. The average molecular weight is 369 g/mol. The Morgan fingerprint density at radius 1 is 1.27 bits per heavy atom. The van der Waals surface area contributed by atoms with E-state index in [9.17, 15) is 18.0 Å². The predicted molar refractivity (Wildman–Crippen MR) is 92.2 cm³/mol. The molecule has 3 rings (SSSR count). The van der Waals surface area contributed by atoms with Crippen molar-refractivity contribution in [2.75, 3.05) is 13.1 Å². The SMILES string of the molecule is CC(C)N1CCC(NC(=O)c2cc3ccc(OC(F)(F)F)cc3[nH]2)CC1. The lowest BCUT2D eigenvalue weighted by molar-refractivity contribution is -0.274. The summed E-state index contributed by atoms with van der Waals surface area (Å²) in [4.78, 5) is 17.7. The van der Waals surface area contributed by atoms with Crippen LogP contribution in [0.5, 0.6) is 5.75 Å². The van der Waals surface area contributed by atoms with Gasteiger partial charge in [-0.15, -0.1) is 13.2 Å². The first-order valence-corrected chi connectivity index (χ1v) is 8.65. The van der Waals surface area contributed by atoms with Crippen molar-refractivity contribution >= 4 is 16.8 Å². The number of rotatable bonds is 4. The van der Waals surface area contributed by atoms with Gasteiger partial charge in [0, 0.05) is 42.1 Å². The molecule has 0 unspecified atom stereocenters. The van der Waals surface area contributed by atoms with Crippen molar-refractivity contribution in [2.45, 2.75) is 45.1 Å². The maximum atomic E-state index is 12.4. The number of piperidine rings is 1. The van der Waals surface area contributed by atoms with Gasteiger partial charge in [0.25, 0.3) is 5.91 Å². The van der Waals surface area contributed by atoms with Crippen LogP contribution in [0.1, 0.15) is 37.2 Å². The number of amides is 1. The molecule has 1 saturated heterocycles. The van der Waals surface area contributed by atoms with Crippen LogP contribution in [0.3, 0.4) is 0 Å². The summed E-state index contributed by atoms with van der Waals surface area (Å²) in [5, 5.41) is 3.65. The maximum Gasteiger partial charge on any atom is 0.573 e. The number of halogens is 3. The summed E-state index contributed by atoms with van der Waals surface area (Å²) in [6, 6.07) is 6.19.